The van der Waals surface area contributed by atoms with E-state index in [1.54, 1.807) is 0 Å². The smallest absolute Gasteiger partial charge is 0.136 e. The summed E-state index contributed by atoms with van der Waals surface area (Å²) in [6.07, 6.45) is 0. The van der Waals surface area contributed by atoms with Crippen LogP contribution in [0.1, 0.15) is 35.6 Å². The van der Waals surface area contributed by atoms with Crippen LogP contribution in [0, 0.1) is 6.92 Å². The molecule has 1 aromatic carbocycles. The summed E-state index contributed by atoms with van der Waals surface area (Å²) in [6.45, 7) is 4.55. The molecule has 0 aliphatic heterocycles. The van der Waals surface area contributed by atoms with Crippen molar-refractivity contribution < 1.29 is 0 Å². The van der Waals surface area contributed by atoms with E-state index in [0.717, 1.165) is 17.2 Å². The van der Waals surface area contributed by atoms with Crippen molar-refractivity contribution in [2.75, 3.05) is 0 Å². The molecule has 0 amide bonds. The van der Waals surface area contributed by atoms with Crippen LogP contribution in [-0.4, -0.2) is 9.97 Å². The van der Waals surface area contributed by atoms with Gasteiger partial charge in [0.1, 0.15) is 5.82 Å². The van der Waals surface area contributed by atoms with Crippen LogP contribution in [0.5, 0.6) is 0 Å². The summed E-state index contributed by atoms with van der Waals surface area (Å²) in [6, 6.07) is 12.2. The summed E-state index contributed by atoms with van der Waals surface area (Å²) < 4.78 is 0. The number of nitrogens with two attached hydrogens (primary N) is 1. The SMILES string of the molecule is Cc1cc(CN)nc(C(C)c2ccccc2)n1. The monoisotopic (exact) mass is 227 g/mol. The summed E-state index contributed by atoms with van der Waals surface area (Å²) in [7, 11) is 0. The highest BCUT2D eigenvalue weighted by Gasteiger charge is 2.12. The zero-order valence-electron chi connectivity index (χ0n) is 10.2. The van der Waals surface area contributed by atoms with Crippen molar-refractivity contribution in [3.63, 3.8) is 0 Å². The van der Waals surface area contributed by atoms with Gasteiger partial charge in [-0.1, -0.05) is 37.3 Å². The number of benzene rings is 1. The predicted octanol–water partition coefficient (Wildman–Crippen LogP) is 2.40. The molecule has 0 saturated carbocycles. The Labute approximate surface area is 102 Å². The Balaban J connectivity index is 2.37. The summed E-state index contributed by atoms with van der Waals surface area (Å²) in [5.74, 6) is 1.04. The number of hydrogen-bond donors (Lipinski definition) is 1. The van der Waals surface area contributed by atoms with Gasteiger partial charge in [0.05, 0.1) is 5.69 Å². The van der Waals surface area contributed by atoms with Crippen molar-refractivity contribution in [1.82, 2.24) is 9.97 Å². The fourth-order valence-corrected chi connectivity index (χ4v) is 1.85. The van der Waals surface area contributed by atoms with Gasteiger partial charge in [-0.3, -0.25) is 0 Å². The number of hydrogen-bond acceptors (Lipinski definition) is 3. The van der Waals surface area contributed by atoms with Crippen LogP contribution < -0.4 is 5.73 Å². The van der Waals surface area contributed by atoms with E-state index in [1.807, 2.05) is 31.2 Å². The third-order valence-electron chi connectivity index (χ3n) is 2.82. The molecule has 1 aromatic heterocycles. The normalized spacial score (nSPS) is 12.4. The number of rotatable bonds is 3. The summed E-state index contributed by atoms with van der Waals surface area (Å²) in [4.78, 5) is 8.98. The third-order valence-corrected chi connectivity index (χ3v) is 2.82. The van der Waals surface area contributed by atoms with Crippen molar-refractivity contribution in [1.29, 1.82) is 0 Å². The van der Waals surface area contributed by atoms with Crippen LogP contribution in [0.15, 0.2) is 36.4 Å². The molecule has 3 nitrogen and oxygen atoms in total. The first kappa shape index (κ1) is 11.7. The van der Waals surface area contributed by atoms with Gasteiger partial charge in [0, 0.05) is 18.2 Å². The minimum absolute atomic E-state index is 0.196. The van der Waals surface area contributed by atoms with Gasteiger partial charge >= 0.3 is 0 Å². The molecule has 17 heavy (non-hydrogen) atoms. The Hall–Kier alpha value is -1.74. The van der Waals surface area contributed by atoms with E-state index in [2.05, 4.69) is 29.0 Å². The molecule has 1 heterocycles. The van der Waals surface area contributed by atoms with Gasteiger partial charge in [0.2, 0.25) is 0 Å². The Kier molecular flexibility index (Phi) is 3.49. The highest BCUT2D eigenvalue weighted by Crippen LogP contribution is 2.21. The van der Waals surface area contributed by atoms with Crippen molar-refractivity contribution >= 4 is 0 Å². The molecule has 2 N–H and O–H groups in total. The lowest BCUT2D eigenvalue weighted by atomic mass is 10.0. The molecular formula is C14H17N3. The Morgan fingerprint density at radius 2 is 1.88 bits per heavy atom. The molecule has 0 saturated heterocycles. The Morgan fingerprint density at radius 3 is 2.53 bits per heavy atom. The summed E-state index contributed by atoms with van der Waals surface area (Å²) in [5.41, 5.74) is 8.73. The standard InChI is InChI=1S/C14H17N3/c1-10-8-13(9-15)17-14(16-10)11(2)12-6-4-3-5-7-12/h3-8,11H,9,15H2,1-2H3. The van der Waals surface area contributed by atoms with Crippen LogP contribution >= 0.6 is 0 Å². The fourth-order valence-electron chi connectivity index (χ4n) is 1.85. The van der Waals surface area contributed by atoms with Crippen LogP contribution in [-0.2, 0) is 6.54 Å². The molecule has 2 aromatic rings. The van der Waals surface area contributed by atoms with Gasteiger partial charge in [-0.25, -0.2) is 9.97 Å². The van der Waals surface area contributed by atoms with Gasteiger partial charge < -0.3 is 5.73 Å². The minimum Gasteiger partial charge on any atom is -0.325 e. The lowest BCUT2D eigenvalue weighted by Gasteiger charge is -2.12. The summed E-state index contributed by atoms with van der Waals surface area (Å²) in [5, 5.41) is 0. The maximum absolute atomic E-state index is 5.64. The molecule has 0 aliphatic rings. The van der Waals surface area contributed by atoms with E-state index < -0.39 is 0 Å². The molecule has 1 atom stereocenters. The van der Waals surface area contributed by atoms with Gasteiger partial charge in [-0.2, -0.15) is 0 Å². The van der Waals surface area contributed by atoms with Crippen LogP contribution in [0.25, 0.3) is 0 Å². The second kappa shape index (κ2) is 5.06. The maximum Gasteiger partial charge on any atom is 0.136 e. The first-order valence-electron chi connectivity index (χ1n) is 5.80. The molecule has 0 spiro atoms. The van der Waals surface area contributed by atoms with Crippen molar-refractivity contribution in [2.24, 2.45) is 5.73 Å². The largest absolute Gasteiger partial charge is 0.325 e. The molecule has 2 rings (SSSR count). The lowest BCUT2D eigenvalue weighted by molar-refractivity contribution is 0.780. The molecule has 0 radical (unpaired) electrons. The zero-order chi connectivity index (χ0) is 12.3. The van der Waals surface area contributed by atoms with E-state index >= 15 is 0 Å². The maximum atomic E-state index is 5.64. The predicted molar refractivity (Wildman–Crippen MR) is 68.6 cm³/mol. The quantitative estimate of drug-likeness (QED) is 0.876. The highest BCUT2D eigenvalue weighted by molar-refractivity contribution is 5.25. The van der Waals surface area contributed by atoms with Gasteiger partial charge in [0.25, 0.3) is 0 Å². The Bertz CT molecular complexity index is 494. The first-order valence-corrected chi connectivity index (χ1v) is 5.80. The van der Waals surface area contributed by atoms with Gasteiger partial charge in [-0.15, -0.1) is 0 Å². The van der Waals surface area contributed by atoms with E-state index in [1.165, 1.54) is 5.56 Å². The van der Waals surface area contributed by atoms with Crippen LogP contribution in [0.2, 0.25) is 0 Å². The molecule has 88 valence electrons. The van der Waals surface area contributed by atoms with Crippen LogP contribution in [0.3, 0.4) is 0 Å². The topological polar surface area (TPSA) is 51.8 Å². The third kappa shape index (κ3) is 2.68. The van der Waals surface area contributed by atoms with Crippen molar-refractivity contribution in [3.05, 3.63) is 59.2 Å². The lowest BCUT2D eigenvalue weighted by Crippen LogP contribution is -2.09. The van der Waals surface area contributed by atoms with Gasteiger partial charge in [0.15, 0.2) is 0 Å². The Morgan fingerprint density at radius 1 is 1.18 bits per heavy atom. The zero-order valence-corrected chi connectivity index (χ0v) is 10.2. The molecule has 0 aliphatic carbocycles. The number of nitrogens with zero attached hydrogens (tertiary/aromatic N) is 2. The second-order valence-corrected chi connectivity index (χ2v) is 4.20. The van der Waals surface area contributed by atoms with Crippen LogP contribution in [0.4, 0.5) is 0 Å². The fraction of sp³-hybridized carbons (Fsp3) is 0.286. The minimum atomic E-state index is 0.196. The van der Waals surface area contributed by atoms with E-state index in [9.17, 15) is 0 Å². The highest BCUT2D eigenvalue weighted by atomic mass is 14.9. The van der Waals surface area contributed by atoms with E-state index in [0.29, 0.717) is 6.54 Å². The molecule has 0 fully saturated rings. The molecular weight excluding hydrogens is 210 g/mol. The first-order chi connectivity index (χ1) is 8.20. The molecule has 1 unspecified atom stereocenters. The number of aryl methyl sites for hydroxylation is 1. The van der Waals surface area contributed by atoms with Gasteiger partial charge in [-0.05, 0) is 18.6 Å². The van der Waals surface area contributed by atoms with Crippen molar-refractivity contribution in [2.45, 2.75) is 26.3 Å². The average molecular weight is 227 g/mol. The molecule has 0 bridgehead atoms. The molecule has 3 heteroatoms. The second-order valence-electron chi connectivity index (χ2n) is 4.20. The summed E-state index contributed by atoms with van der Waals surface area (Å²) >= 11 is 0. The van der Waals surface area contributed by atoms with E-state index in [-0.39, 0.29) is 5.92 Å². The van der Waals surface area contributed by atoms with Crippen molar-refractivity contribution in [3.8, 4) is 0 Å². The average Bonchev–Trinajstić information content (AvgIpc) is 2.38. The van der Waals surface area contributed by atoms with E-state index in [4.69, 9.17) is 5.73 Å². The number of aromatic nitrogens is 2.